The lowest BCUT2D eigenvalue weighted by atomic mass is 10.1. The summed E-state index contributed by atoms with van der Waals surface area (Å²) in [5, 5.41) is 7.95. The van der Waals surface area contributed by atoms with Gasteiger partial charge in [0.2, 0.25) is 10.0 Å². The van der Waals surface area contributed by atoms with E-state index in [-0.39, 0.29) is 10.9 Å². The Kier molecular flexibility index (Phi) is 5.34. The van der Waals surface area contributed by atoms with Gasteiger partial charge in [-0.05, 0) is 49.2 Å². The molecule has 0 spiro atoms. The van der Waals surface area contributed by atoms with E-state index >= 15 is 0 Å². The third-order valence-electron chi connectivity index (χ3n) is 4.75. The number of H-pyrrole nitrogens is 1. The summed E-state index contributed by atoms with van der Waals surface area (Å²) in [6, 6.07) is 11.8. The number of anilines is 1. The highest BCUT2D eigenvalue weighted by molar-refractivity contribution is 7.89. The van der Waals surface area contributed by atoms with Gasteiger partial charge in [-0.1, -0.05) is 11.6 Å². The van der Waals surface area contributed by atoms with Gasteiger partial charge in [0.15, 0.2) is 5.82 Å². The van der Waals surface area contributed by atoms with Gasteiger partial charge in [0.05, 0.1) is 10.6 Å². The Morgan fingerprint density at radius 3 is 2.64 bits per heavy atom. The Hall–Kier alpha value is -2.42. The van der Waals surface area contributed by atoms with Gasteiger partial charge in [-0.2, -0.15) is 5.10 Å². The van der Waals surface area contributed by atoms with Crippen LogP contribution in [0.5, 0.6) is 0 Å². The molecule has 1 aliphatic rings. The molecule has 1 unspecified atom stereocenters. The number of sulfonamides is 1. The summed E-state index contributed by atoms with van der Waals surface area (Å²) < 4.78 is 28.1. The van der Waals surface area contributed by atoms with Crippen molar-refractivity contribution in [3.05, 3.63) is 59.9 Å². The minimum Gasteiger partial charge on any atom is -0.354 e. The predicted octanol–water partition coefficient (Wildman–Crippen LogP) is 3.07. The molecule has 0 bridgehead atoms. The number of aromatic amines is 1. The van der Waals surface area contributed by atoms with E-state index in [4.69, 9.17) is 11.6 Å². The Bertz CT molecular complexity index is 1040. The van der Waals surface area contributed by atoms with E-state index in [1.807, 2.05) is 18.2 Å². The summed E-state index contributed by atoms with van der Waals surface area (Å²) in [5.74, 6) is 0.808. The molecule has 0 saturated carbocycles. The molecule has 146 valence electrons. The van der Waals surface area contributed by atoms with Gasteiger partial charge in [0.25, 0.3) is 0 Å². The molecule has 1 fully saturated rings. The lowest BCUT2D eigenvalue weighted by Gasteiger charge is -2.33. The van der Waals surface area contributed by atoms with Crippen molar-refractivity contribution in [2.24, 2.45) is 0 Å². The lowest BCUT2D eigenvalue weighted by molar-refractivity contribution is 0.464. The van der Waals surface area contributed by atoms with Crippen molar-refractivity contribution in [3.8, 4) is 11.3 Å². The molecule has 7 nitrogen and oxygen atoms in total. The monoisotopic (exact) mass is 417 g/mol. The molecule has 1 aromatic carbocycles. The van der Waals surface area contributed by atoms with Crippen LogP contribution in [0.4, 0.5) is 5.82 Å². The van der Waals surface area contributed by atoms with E-state index in [0.717, 1.165) is 36.5 Å². The highest BCUT2D eigenvalue weighted by Gasteiger charge is 2.26. The van der Waals surface area contributed by atoms with Crippen molar-refractivity contribution in [2.75, 3.05) is 18.0 Å². The van der Waals surface area contributed by atoms with Crippen LogP contribution in [0.1, 0.15) is 12.8 Å². The summed E-state index contributed by atoms with van der Waals surface area (Å²) >= 11 is 5.85. The first-order valence-electron chi connectivity index (χ1n) is 9.00. The van der Waals surface area contributed by atoms with Gasteiger partial charge < -0.3 is 4.90 Å². The molecule has 0 aliphatic carbocycles. The molecule has 9 heteroatoms. The quantitative estimate of drug-likeness (QED) is 0.665. The van der Waals surface area contributed by atoms with Crippen molar-refractivity contribution < 1.29 is 8.42 Å². The zero-order valence-corrected chi connectivity index (χ0v) is 16.6. The molecule has 2 N–H and O–H groups in total. The Balaban J connectivity index is 1.46. The zero-order valence-electron chi connectivity index (χ0n) is 15.0. The third-order valence-corrected chi connectivity index (χ3v) is 6.54. The van der Waals surface area contributed by atoms with Crippen LogP contribution in [0, 0.1) is 0 Å². The van der Waals surface area contributed by atoms with Crippen molar-refractivity contribution in [1.29, 1.82) is 0 Å². The van der Waals surface area contributed by atoms with Gasteiger partial charge in [-0.25, -0.2) is 13.1 Å². The molecule has 3 aromatic rings. The molecule has 28 heavy (non-hydrogen) atoms. The van der Waals surface area contributed by atoms with Crippen LogP contribution in [0.25, 0.3) is 11.3 Å². The number of aromatic nitrogens is 3. The van der Waals surface area contributed by atoms with E-state index in [1.165, 1.54) is 12.1 Å². The van der Waals surface area contributed by atoms with E-state index in [2.05, 4.69) is 24.8 Å². The van der Waals surface area contributed by atoms with E-state index in [1.54, 1.807) is 24.5 Å². The van der Waals surface area contributed by atoms with Gasteiger partial charge in [-0.15, -0.1) is 0 Å². The molecule has 0 amide bonds. The summed E-state index contributed by atoms with van der Waals surface area (Å²) in [6.45, 7) is 1.40. The molecular formula is C19H20ClN5O2S. The molecule has 1 atom stereocenters. The van der Waals surface area contributed by atoms with Crippen LogP contribution < -0.4 is 9.62 Å². The smallest absolute Gasteiger partial charge is 0.240 e. The van der Waals surface area contributed by atoms with Gasteiger partial charge >= 0.3 is 0 Å². The lowest BCUT2D eigenvalue weighted by Crippen LogP contribution is -2.47. The molecule has 3 heterocycles. The Morgan fingerprint density at radius 1 is 1.14 bits per heavy atom. The van der Waals surface area contributed by atoms with Crippen molar-refractivity contribution in [1.82, 2.24) is 19.9 Å². The van der Waals surface area contributed by atoms with Crippen molar-refractivity contribution in [2.45, 2.75) is 23.8 Å². The molecule has 2 aromatic heterocycles. The number of pyridine rings is 1. The summed E-state index contributed by atoms with van der Waals surface area (Å²) in [6.07, 6.45) is 5.13. The predicted molar refractivity (Wildman–Crippen MR) is 109 cm³/mol. The van der Waals surface area contributed by atoms with Gasteiger partial charge in [0, 0.05) is 48.2 Å². The first kappa shape index (κ1) is 18.9. The second-order valence-electron chi connectivity index (χ2n) is 6.74. The minimum absolute atomic E-state index is 0.185. The number of rotatable bonds is 5. The van der Waals surface area contributed by atoms with Crippen molar-refractivity contribution >= 4 is 27.4 Å². The number of hydrogen-bond acceptors (Lipinski definition) is 5. The van der Waals surface area contributed by atoms with Crippen LogP contribution in [0.2, 0.25) is 5.02 Å². The minimum atomic E-state index is -3.59. The maximum Gasteiger partial charge on any atom is 0.240 e. The highest BCUT2D eigenvalue weighted by Crippen LogP contribution is 2.24. The largest absolute Gasteiger partial charge is 0.354 e. The summed E-state index contributed by atoms with van der Waals surface area (Å²) in [7, 11) is -3.59. The second-order valence-corrected chi connectivity index (χ2v) is 8.89. The fraction of sp³-hybridized carbons (Fsp3) is 0.263. The number of nitrogens with one attached hydrogen (secondary N) is 2. The van der Waals surface area contributed by atoms with E-state index < -0.39 is 10.0 Å². The van der Waals surface area contributed by atoms with Crippen LogP contribution in [0.3, 0.4) is 0 Å². The SMILES string of the molecule is O=S(=O)(NC1CCCN(c2cc(-c3ccncc3)[nH]n2)C1)c1ccc(Cl)cc1. The summed E-state index contributed by atoms with van der Waals surface area (Å²) in [5.41, 5.74) is 1.91. The molecule has 4 rings (SSSR count). The second kappa shape index (κ2) is 7.90. The first-order valence-corrected chi connectivity index (χ1v) is 10.9. The maximum atomic E-state index is 12.6. The van der Waals surface area contributed by atoms with Crippen molar-refractivity contribution in [3.63, 3.8) is 0 Å². The fourth-order valence-corrected chi connectivity index (χ4v) is 4.72. The summed E-state index contributed by atoms with van der Waals surface area (Å²) in [4.78, 5) is 6.34. The number of hydrogen-bond donors (Lipinski definition) is 2. The number of halogens is 1. The van der Waals surface area contributed by atoms with E-state index in [9.17, 15) is 8.42 Å². The highest BCUT2D eigenvalue weighted by atomic mass is 35.5. The van der Waals surface area contributed by atoms with Crippen LogP contribution in [0.15, 0.2) is 59.8 Å². The van der Waals surface area contributed by atoms with Gasteiger partial charge in [-0.3, -0.25) is 10.1 Å². The molecule has 1 saturated heterocycles. The first-order chi connectivity index (χ1) is 13.5. The maximum absolute atomic E-state index is 12.6. The topological polar surface area (TPSA) is 91.0 Å². The average Bonchev–Trinajstić information content (AvgIpc) is 3.19. The molecule has 1 aliphatic heterocycles. The standard InChI is InChI=1S/C19H20ClN5O2S/c20-15-3-5-17(6-4-15)28(26,27)24-16-2-1-11-25(13-16)19-12-18(22-23-19)14-7-9-21-10-8-14/h3-10,12,16,24H,1-2,11,13H2,(H,22,23). The number of nitrogens with zero attached hydrogens (tertiary/aromatic N) is 3. The normalized spacial score (nSPS) is 17.6. The van der Waals surface area contributed by atoms with Crippen LogP contribution >= 0.6 is 11.6 Å². The fourth-order valence-electron chi connectivity index (χ4n) is 3.34. The zero-order chi connectivity index (χ0) is 19.6. The number of benzene rings is 1. The molecule has 0 radical (unpaired) electrons. The Labute approximate surface area is 168 Å². The van der Waals surface area contributed by atoms with E-state index in [0.29, 0.717) is 11.6 Å². The van der Waals surface area contributed by atoms with Gasteiger partial charge in [0.1, 0.15) is 0 Å². The number of piperidine rings is 1. The average molecular weight is 418 g/mol. The molecular weight excluding hydrogens is 398 g/mol. The Morgan fingerprint density at radius 2 is 1.89 bits per heavy atom. The van der Waals surface area contributed by atoms with Crippen LogP contribution in [-0.2, 0) is 10.0 Å². The van der Waals surface area contributed by atoms with Crippen LogP contribution in [-0.4, -0.2) is 42.7 Å². The third kappa shape index (κ3) is 4.19.